The van der Waals surface area contributed by atoms with Crippen molar-refractivity contribution in [3.05, 3.63) is 0 Å². The van der Waals surface area contributed by atoms with Crippen molar-refractivity contribution in [2.75, 3.05) is 20.1 Å². The fraction of sp³-hybridized carbons (Fsp3) is 0.800. The number of piperidine rings is 1. The van der Waals surface area contributed by atoms with Gasteiger partial charge in [0, 0.05) is 6.42 Å². The predicted molar refractivity (Wildman–Crippen MR) is 48.3 cm³/mol. The van der Waals surface area contributed by atoms with Crippen molar-refractivity contribution in [2.24, 2.45) is 5.92 Å². The molecule has 0 aliphatic carbocycles. The first-order valence-electron chi connectivity index (χ1n) is 4.45. The summed E-state index contributed by atoms with van der Waals surface area (Å²) in [7, 11) is 2.19. The monoisotopic (exact) mass is 151 g/mol. The normalized spacial score (nSPS) is 21.5. The summed E-state index contributed by atoms with van der Waals surface area (Å²) in [6.07, 6.45) is 10.1. The molecular formula is C10H17N. The molecule has 0 atom stereocenters. The molecular weight excluding hydrogens is 134 g/mol. The van der Waals surface area contributed by atoms with E-state index in [2.05, 4.69) is 17.9 Å². The van der Waals surface area contributed by atoms with E-state index in [1.807, 2.05) is 0 Å². The second-order valence-corrected chi connectivity index (χ2v) is 3.49. The van der Waals surface area contributed by atoms with Crippen LogP contribution in [-0.4, -0.2) is 25.0 Å². The lowest BCUT2D eigenvalue weighted by Gasteiger charge is -2.28. The third kappa shape index (κ3) is 2.95. The molecule has 0 aromatic heterocycles. The Morgan fingerprint density at radius 3 is 2.64 bits per heavy atom. The Kier molecular flexibility index (Phi) is 3.45. The molecule has 0 amide bonds. The van der Waals surface area contributed by atoms with Gasteiger partial charge in [0.05, 0.1) is 0 Å². The third-order valence-corrected chi connectivity index (χ3v) is 2.54. The summed E-state index contributed by atoms with van der Waals surface area (Å²) >= 11 is 0. The second kappa shape index (κ2) is 4.41. The van der Waals surface area contributed by atoms with Gasteiger partial charge in [0.25, 0.3) is 0 Å². The summed E-state index contributed by atoms with van der Waals surface area (Å²) in [6.45, 7) is 2.52. The Labute approximate surface area is 69.8 Å². The van der Waals surface area contributed by atoms with Crippen molar-refractivity contribution in [1.29, 1.82) is 0 Å². The minimum absolute atomic E-state index is 0.905. The van der Waals surface area contributed by atoms with Gasteiger partial charge in [-0.15, -0.1) is 12.3 Å². The molecule has 0 saturated carbocycles. The molecule has 0 unspecified atom stereocenters. The van der Waals surface area contributed by atoms with Gasteiger partial charge in [-0.2, -0.15) is 0 Å². The summed E-state index contributed by atoms with van der Waals surface area (Å²) in [4.78, 5) is 2.40. The number of likely N-dealkylation sites (tertiary alicyclic amines) is 1. The zero-order valence-electron chi connectivity index (χ0n) is 7.34. The van der Waals surface area contributed by atoms with Crippen LogP contribution < -0.4 is 0 Å². The maximum absolute atomic E-state index is 5.21. The summed E-state index contributed by atoms with van der Waals surface area (Å²) in [6, 6.07) is 0. The average Bonchev–Trinajstić information content (AvgIpc) is 2.04. The molecule has 1 fully saturated rings. The van der Waals surface area contributed by atoms with Gasteiger partial charge in [0.2, 0.25) is 0 Å². The Hall–Kier alpha value is -0.480. The second-order valence-electron chi connectivity index (χ2n) is 3.49. The summed E-state index contributed by atoms with van der Waals surface area (Å²) in [5.41, 5.74) is 0. The molecule has 0 radical (unpaired) electrons. The summed E-state index contributed by atoms with van der Waals surface area (Å²) in [5.74, 6) is 3.62. The lowest BCUT2D eigenvalue weighted by molar-refractivity contribution is 0.213. The zero-order valence-corrected chi connectivity index (χ0v) is 7.34. The molecule has 0 bridgehead atoms. The van der Waals surface area contributed by atoms with Crippen molar-refractivity contribution in [3.63, 3.8) is 0 Å². The molecule has 1 rings (SSSR count). The van der Waals surface area contributed by atoms with Crippen LogP contribution in [0.15, 0.2) is 0 Å². The van der Waals surface area contributed by atoms with Crippen LogP contribution >= 0.6 is 0 Å². The van der Waals surface area contributed by atoms with Gasteiger partial charge in [0.15, 0.2) is 0 Å². The topological polar surface area (TPSA) is 3.24 Å². The van der Waals surface area contributed by atoms with E-state index in [1.54, 1.807) is 0 Å². The number of terminal acetylenes is 1. The molecule has 1 aliphatic rings. The highest BCUT2D eigenvalue weighted by Gasteiger charge is 2.15. The standard InChI is InChI=1S/C10H17N/c1-3-4-5-10-6-8-11(2)9-7-10/h1,10H,4-9H2,2H3. The van der Waals surface area contributed by atoms with E-state index in [4.69, 9.17) is 6.42 Å². The van der Waals surface area contributed by atoms with Gasteiger partial charge in [-0.3, -0.25) is 0 Å². The first-order chi connectivity index (χ1) is 5.33. The highest BCUT2D eigenvalue weighted by Crippen LogP contribution is 2.20. The highest BCUT2D eigenvalue weighted by atomic mass is 15.1. The van der Waals surface area contributed by atoms with Crippen molar-refractivity contribution in [2.45, 2.75) is 25.7 Å². The van der Waals surface area contributed by atoms with Crippen LogP contribution in [0.1, 0.15) is 25.7 Å². The number of hydrogen-bond acceptors (Lipinski definition) is 1. The Morgan fingerprint density at radius 2 is 2.09 bits per heavy atom. The molecule has 1 heterocycles. The molecule has 1 heteroatoms. The number of nitrogens with zero attached hydrogens (tertiary/aromatic N) is 1. The molecule has 11 heavy (non-hydrogen) atoms. The molecule has 0 spiro atoms. The molecule has 0 aromatic carbocycles. The molecule has 0 N–H and O–H groups in total. The summed E-state index contributed by atoms with van der Waals surface area (Å²) < 4.78 is 0. The largest absolute Gasteiger partial charge is 0.306 e. The highest BCUT2D eigenvalue weighted by molar-refractivity contribution is 4.85. The van der Waals surface area contributed by atoms with Crippen molar-refractivity contribution in [1.82, 2.24) is 4.90 Å². The lowest BCUT2D eigenvalue weighted by Crippen LogP contribution is -2.30. The fourth-order valence-electron chi connectivity index (χ4n) is 1.64. The maximum Gasteiger partial charge on any atom is 0.00887 e. The number of hydrogen-bond donors (Lipinski definition) is 0. The van der Waals surface area contributed by atoms with Crippen LogP contribution in [0, 0.1) is 18.3 Å². The van der Waals surface area contributed by atoms with Crippen molar-refractivity contribution in [3.8, 4) is 12.3 Å². The molecule has 1 nitrogen and oxygen atoms in total. The minimum Gasteiger partial charge on any atom is -0.306 e. The first-order valence-corrected chi connectivity index (χ1v) is 4.45. The van der Waals surface area contributed by atoms with Gasteiger partial charge >= 0.3 is 0 Å². The first kappa shape index (κ1) is 8.62. The zero-order chi connectivity index (χ0) is 8.10. The predicted octanol–water partition coefficient (Wildman–Crippen LogP) is 1.74. The van der Waals surface area contributed by atoms with E-state index < -0.39 is 0 Å². The lowest BCUT2D eigenvalue weighted by atomic mass is 9.93. The summed E-state index contributed by atoms with van der Waals surface area (Å²) in [5, 5.41) is 0. The molecule has 0 aromatic rings. The quantitative estimate of drug-likeness (QED) is 0.543. The van der Waals surface area contributed by atoms with Gasteiger partial charge in [-0.05, 0) is 45.3 Å². The minimum atomic E-state index is 0.905. The van der Waals surface area contributed by atoms with Crippen LogP contribution in [0.2, 0.25) is 0 Å². The van der Waals surface area contributed by atoms with Crippen molar-refractivity contribution < 1.29 is 0 Å². The number of rotatable bonds is 2. The molecule has 1 aliphatic heterocycles. The molecule has 62 valence electrons. The third-order valence-electron chi connectivity index (χ3n) is 2.54. The fourth-order valence-corrected chi connectivity index (χ4v) is 1.64. The van der Waals surface area contributed by atoms with E-state index in [-0.39, 0.29) is 0 Å². The van der Waals surface area contributed by atoms with Gasteiger partial charge in [-0.25, -0.2) is 0 Å². The maximum atomic E-state index is 5.21. The smallest absolute Gasteiger partial charge is 0.00887 e. The van der Waals surface area contributed by atoms with Crippen LogP contribution in [0.3, 0.4) is 0 Å². The Bertz CT molecular complexity index is 137. The van der Waals surface area contributed by atoms with E-state index in [0.717, 1.165) is 12.3 Å². The van der Waals surface area contributed by atoms with Crippen molar-refractivity contribution >= 4 is 0 Å². The van der Waals surface area contributed by atoms with Crippen LogP contribution in [0.4, 0.5) is 0 Å². The van der Waals surface area contributed by atoms with E-state index in [1.165, 1.54) is 32.4 Å². The van der Waals surface area contributed by atoms with E-state index >= 15 is 0 Å². The average molecular weight is 151 g/mol. The van der Waals surface area contributed by atoms with E-state index in [9.17, 15) is 0 Å². The van der Waals surface area contributed by atoms with Crippen LogP contribution in [0.25, 0.3) is 0 Å². The Balaban J connectivity index is 2.13. The van der Waals surface area contributed by atoms with E-state index in [0.29, 0.717) is 0 Å². The van der Waals surface area contributed by atoms with Crippen LogP contribution in [0.5, 0.6) is 0 Å². The Morgan fingerprint density at radius 1 is 1.45 bits per heavy atom. The SMILES string of the molecule is C#CCCC1CCN(C)CC1. The molecule has 1 saturated heterocycles. The van der Waals surface area contributed by atoms with Gasteiger partial charge in [-0.1, -0.05) is 0 Å². The van der Waals surface area contributed by atoms with Gasteiger partial charge in [0.1, 0.15) is 0 Å². The van der Waals surface area contributed by atoms with Gasteiger partial charge < -0.3 is 4.90 Å². The van der Waals surface area contributed by atoms with Crippen LogP contribution in [-0.2, 0) is 0 Å².